The SMILES string of the molecule is Cc1cc(C)n(-c2ccc(=O)n(C3CCN(C4CC(=O)N(C)C(=O)N4)CC3)n2)n1. The standard InChI is InChI=1S/C19H25N7O3/c1-12-10-13(2)25(21-12)15-4-5-17(27)26(22-15)14-6-8-24(9-7-14)16-11-18(28)23(3)19(29)20-16/h4-5,10,14,16H,6-9,11H2,1-3H3,(H,20,29). The number of imide groups is 1. The Morgan fingerprint density at radius 3 is 2.41 bits per heavy atom. The Labute approximate surface area is 168 Å². The van der Waals surface area contributed by atoms with Crippen molar-refractivity contribution < 1.29 is 9.59 Å². The highest BCUT2D eigenvalue weighted by atomic mass is 16.2. The van der Waals surface area contributed by atoms with Gasteiger partial charge >= 0.3 is 6.03 Å². The Kier molecular flexibility index (Phi) is 4.95. The Morgan fingerprint density at radius 2 is 1.79 bits per heavy atom. The summed E-state index contributed by atoms with van der Waals surface area (Å²) in [6.07, 6.45) is 1.39. The third-order valence-corrected chi connectivity index (χ3v) is 5.66. The quantitative estimate of drug-likeness (QED) is 0.809. The van der Waals surface area contributed by atoms with Crippen LogP contribution in [0, 0.1) is 13.8 Å². The number of rotatable bonds is 3. The van der Waals surface area contributed by atoms with Gasteiger partial charge in [0.1, 0.15) is 0 Å². The summed E-state index contributed by atoms with van der Waals surface area (Å²) in [5.74, 6) is 0.433. The Hall–Kier alpha value is -3.01. The fourth-order valence-electron chi connectivity index (χ4n) is 4.02. The lowest BCUT2D eigenvalue weighted by Crippen LogP contribution is -2.60. The van der Waals surface area contributed by atoms with Crippen molar-refractivity contribution in [2.45, 2.75) is 45.3 Å². The molecule has 2 aromatic rings. The second kappa shape index (κ2) is 7.43. The van der Waals surface area contributed by atoms with Crippen molar-refractivity contribution in [2.24, 2.45) is 0 Å². The molecule has 1 atom stereocenters. The van der Waals surface area contributed by atoms with Crippen LogP contribution in [0.5, 0.6) is 0 Å². The summed E-state index contributed by atoms with van der Waals surface area (Å²) in [7, 11) is 1.48. The molecule has 4 heterocycles. The van der Waals surface area contributed by atoms with E-state index in [4.69, 9.17) is 0 Å². The van der Waals surface area contributed by atoms with Crippen LogP contribution in [0.4, 0.5) is 4.79 Å². The van der Waals surface area contributed by atoms with Gasteiger partial charge in [0.25, 0.3) is 5.56 Å². The number of urea groups is 1. The van der Waals surface area contributed by atoms with E-state index < -0.39 is 0 Å². The van der Waals surface area contributed by atoms with Gasteiger partial charge in [-0.2, -0.15) is 5.10 Å². The molecule has 154 valence electrons. The molecule has 4 rings (SSSR count). The van der Waals surface area contributed by atoms with Crippen LogP contribution in [0.15, 0.2) is 23.0 Å². The first-order valence-electron chi connectivity index (χ1n) is 9.78. The summed E-state index contributed by atoms with van der Waals surface area (Å²) in [5.41, 5.74) is 1.71. The fraction of sp³-hybridized carbons (Fsp3) is 0.526. The summed E-state index contributed by atoms with van der Waals surface area (Å²) in [4.78, 5) is 39.5. The van der Waals surface area contributed by atoms with Crippen molar-refractivity contribution in [1.82, 2.24) is 34.7 Å². The average molecular weight is 399 g/mol. The number of aromatic nitrogens is 4. The number of carbonyl (C=O) groups is 2. The number of nitrogens with zero attached hydrogens (tertiary/aromatic N) is 6. The second-order valence-corrected chi connectivity index (χ2v) is 7.70. The molecule has 0 bridgehead atoms. The van der Waals surface area contributed by atoms with Crippen LogP contribution in [-0.2, 0) is 4.79 Å². The molecule has 2 aliphatic rings. The van der Waals surface area contributed by atoms with E-state index in [0.717, 1.165) is 16.3 Å². The number of aryl methyl sites for hydroxylation is 2. The third kappa shape index (κ3) is 3.67. The zero-order chi connectivity index (χ0) is 20.7. The maximum absolute atomic E-state index is 12.4. The number of carbonyl (C=O) groups excluding carboxylic acids is 2. The number of amides is 3. The van der Waals surface area contributed by atoms with Gasteiger partial charge in [-0.15, -0.1) is 5.10 Å². The van der Waals surface area contributed by atoms with Crippen LogP contribution in [0.3, 0.4) is 0 Å². The minimum atomic E-state index is -0.371. The first-order chi connectivity index (χ1) is 13.8. The van der Waals surface area contributed by atoms with E-state index in [0.29, 0.717) is 31.7 Å². The molecule has 2 saturated heterocycles. The average Bonchev–Trinajstić information content (AvgIpc) is 3.04. The summed E-state index contributed by atoms with van der Waals surface area (Å²) < 4.78 is 3.28. The molecule has 2 aromatic heterocycles. The number of hydrogen-bond donors (Lipinski definition) is 1. The first-order valence-corrected chi connectivity index (χ1v) is 9.78. The van der Waals surface area contributed by atoms with Crippen molar-refractivity contribution in [3.8, 4) is 5.82 Å². The number of likely N-dealkylation sites (tertiary alicyclic amines) is 1. The Balaban J connectivity index is 1.48. The van der Waals surface area contributed by atoms with Gasteiger partial charge in [0.05, 0.1) is 24.3 Å². The molecule has 10 heteroatoms. The highest BCUT2D eigenvalue weighted by Crippen LogP contribution is 2.23. The lowest BCUT2D eigenvalue weighted by molar-refractivity contribution is -0.130. The molecule has 3 amide bonds. The van der Waals surface area contributed by atoms with E-state index in [9.17, 15) is 14.4 Å². The second-order valence-electron chi connectivity index (χ2n) is 7.70. The zero-order valence-electron chi connectivity index (χ0n) is 16.8. The van der Waals surface area contributed by atoms with Crippen LogP contribution >= 0.6 is 0 Å². The zero-order valence-corrected chi connectivity index (χ0v) is 16.8. The summed E-state index contributed by atoms with van der Waals surface area (Å²) in [6, 6.07) is 4.78. The minimum absolute atomic E-state index is 0.0340. The summed E-state index contributed by atoms with van der Waals surface area (Å²) in [6.45, 7) is 5.21. The molecule has 1 N–H and O–H groups in total. The van der Waals surface area contributed by atoms with Crippen molar-refractivity contribution in [2.75, 3.05) is 20.1 Å². The van der Waals surface area contributed by atoms with E-state index in [1.165, 1.54) is 13.1 Å². The van der Waals surface area contributed by atoms with Crippen molar-refractivity contribution in [1.29, 1.82) is 0 Å². The van der Waals surface area contributed by atoms with Gasteiger partial charge in [-0.1, -0.05) is 0 Å². The number of nitrogens with one attached hydrogen (secondary N) is 1. The van der Waals surface area contributed by atoms with Crippen molar-refractivity contribution >= 4 is 11.9 Å². The molecule has 10 nitrogen and oxygen atoms in total. The van der Waals surface area contributed by atoms with Crippen LogP contribution in [-0.4, -0.2) is 67.6 Å². The monoisotopic (exact) mass is 399 g/mol. The molecule has 0 radical (unpaired) electrons. The van der Waals surface area contributed by atoms with Crippen LogP contribution in [0.1, 0.15) is 36.7 Å². The van der Waals surface area contributed by atoms with Crippen LogP contribution in [0.2, 0.25) is 0 Å². The van der Waals surface area contributed by atoms with E-state index in [2.05, 4.69) is 20.4 Å². The summed E-state index contributed by atoms with van der Waals surface area (Å²) >= 11 is 0. The summed E-state index contributed by atoms with van der Waals surface area (Å²) in [5, 5.41) is 11.9. The Morgan fingerprint density at radius 1 is 1.07 bits per heavy atom. The van der Waals surface area contributed by atoms with Crippen molar-refractivity contribution in [3.05, 3.63) is 39.9 Å². The normalized spacial score (nSPS) is 21.5. The van der Waals surface area contributed by atoms with Crippen molar-refractivity contribution in [3.63, 3.8) is 0 Å². The molecule has 1 unspecified atom stereocenters. The smallest absolute Gasteiger partial charge is 0.322 e. The predicted molar refractivity (Wildman–Crippen MR) is 105 cm³/mol. The number of piperidine rings is 1. The van der Waals surface area contributed by atoms with Crippen LogP contribution < -0.4 is 10.9 Å². The third-order valence-electron chi connectivity index (χ3n) is 5.66. The molecule has 0 spiro atoms. The molecular weight excluding hydrogens is 374 g/mol. The van der Waals surface area contributed by atoms with E-state index in [1.807, 2.05) is 19.9 Å². The maximum Gasteiger partial charge on any atom is 0.325 e. The van der Waals surface area contributed by atoms with Crippen LogP contribution in [0.25, 0.3) is 5.82 Å². The lowest BCUT2D eigenvalue weighted by atomic mass is 10.0. The van der Waals surface area contributed by atoms with E-state index in [1.54, 1.807) is 15.4 Å². The molecule has 2 aliphatic heterocycles. The minimum Gasteiger partial charge on any atom is -0.322 e. The molecule has 29 heavy (non-hydrogen) atoms. The highest BCUT2D eigenvalue weighted by molar-refractivity contribution is 5.96. The van der Waals surface area contributed by atoms with Gasteiger partial charge in [-0.3, -0.25) is 19.4 Å². The van der Waals surface area contributed by atoms with Gasteiger partial charge in [0.15, 0.2) is 5.82 Å². The van der Waals surface area contributed by atoms with E-state index in [-0.39, 0.29) is 36.1 Å². The van der Waals surface area contributed by atoms with Gasteiger partial charge in [0.2, 0.25) is 5.91 Å². The molecule has 0 aliphatic carbocycles. The highest BCUT2D eigenvalue weighted by Gasteiger charge is 2.35. The number of hydrogen-bond acceptors (Lipinski definition) is 6. The predicted octanol–water partition coefficient (Wildman–Crippen LogP) is 0.581. The molecule has 0 saturated carbocycles. The van der Waals surface area contributed by atoms with Gasteiger partial charge in [-0.05, 0) is 38.8 Å². The lowest BCUT2D eigenvalue weighted by Gasteiger charge is -2.40. The van der Waals surface area contributed by atoms with Gasteiger partial charge < -0.3 is 5.32 Å². The molecule has 0 aromatic carbocycles. The largest absolute Gasteiger partial charge is 0.325 e. The van der Waals surface area contributed by atoms with Gasteiger partial charge in [-0.25, -0.2) is 14.2 Å². The topological polar surface area (TPSA) is 105 Å². The fourth-order valence-corrected chi connectivity index (χ4v) is 4.02. The van der Waals surface area contributed by atoms with Gasteiger partial charge in [0, 0.05) is 31.9 Å². The first kappa shape index (κ1) is 19.3. The van der Waals surface area contributed by atoms with E-state index >= 15 is 0 Å². The Bertz CT molecular complexity index is 985. The molecule has 2 fully saturated rings. The molecular formula is C19H25N7O3. The maximum atomic E-state index is 12.4.